The highest BCUT2D eigenvalue weighted by atomic mass is 16.6. The first-order valence-electron chi connectivity index (χ1n) is 4.44. The van der Waals surface area contributed by atoms with Gasteiger partial charge in [0.1, 0.15) is 11.7 Å². The topological polar surface area (TPSA) is 21.8 Å². The Balaban J connectivity index is 2.27. The summed E-state index contributed by atoms with van der Waals surface area (Å²) in [5.41, 5.74) is 1.00. The van der Waals surface area contributed by atoms with E-state index in [1.54, 1.807) is 7.11 Å². The zero-order chi connectivity index (χ0) is 8.98. The van der Waals surface area contributed by atoms with E-state index in [0.717, 1.165) is 18.4 Å². The summed E-state index contributed by atoms with van der Waals surface area (Å²) < 4.78 is 11.2. The van der Waals surface area contributed by atoms with Crippen LogP contribution in [0.25, 0.3) is 0 Å². The molecular weight excluding hydrogens is 152 g/mol. The molecule has 3 atom stereocenters. The summed E-state index contributed by atoms with van der Waals surface area (Å²) in [6, 6.07) is 0. The second kappa shape index (κ2) is 2.12. The van der Waals surface area contributed by atoms with Crippen LogP contribution in [0.5, 0.6) is 0 Å². The third-order valence-corrected chi connectivity index (χ3v) is 3.39. The number of methoxy groups -OCH3 is 1. The molecule has 1 saturated carbocycles. The summed E-state index contributed by atoms with van der Waals surface area (Å²) >= 11 is 0. The maximum absolute atomic E-state index is 5.62. The number of epoxide rings is 1. The van der Waals surface area contributed by atoms with E-state index < -0.39 is 0 Å². The van der Waals surface area contributed by atoms with E-state index in [1.165, 1.54) is 0 Å². The van der Waals surface area contributed by atoms with Gasteiger partial charge < -0.3 is 9.47 Å². The highest BCUT2D eigenvalue weighted by Crippen LogP contribution is 2.58. The van der Waals surface area contributed by atoms with Crippen LogP contribution in [0.15, 0.2) is 12.2 Å². The average molecular weight is 168 g/mol. The normalized spacial score (nSPS) is 50.4. The maximum Gasteiger partial charge on any atom is 0.120 e. The molecular formula is C10H16O2. The van der Waals surface area contributed by atoms with Crippen molar-refractivity contribution in [1.29, 1.82) is 0 Å². The van der Waals surface area contributed by atoms with Crippen LogP contribution >= 0.6 is 0 Å². The molecule has 12 heavy (non-hydrogen) atoms. The summed E-state index contributed by atoms with van der Waals surface area (Å²) in [6.07, 6.45) is 2.41. The third kappa shape index (κ3) is 0.771. The summed E-state index contributed by atoms with van der Waals surface area (Å²) in [5.74, 6) is 0. The minimum absolute atomic E-state index is 0.0922. The first-order valence-corrected chi connectivity index (χ1v) is 4.44. The largest absolute Gasteiger partial charge is 0.371 e. The molecule has 0 spiro atoms. The number of ether oxygens (including phenoxy) is 2. The van der Waals surface area contributed by atoms with Crippen LogP contribution < -0.4 is 0 Å². The van der Waals surface area contributed by atoms with Crippen molar-refractivity contribution >= 4 is 0 Å². The van der Waals surface area contributed by atoms with Gasteiger partial charge in [-0.15, -0.1) is 0 Å². The Bertz CT molecular complexity index is 236. The zero-order valence-electron chi connectivity index (χ0n) is 8.02. The Morgan fingerprint density at radius 1 is 1.58 bits per heavy atom. The Labute approximate surface area is 73.5 Å². The minimum Gasteiger partial charge on any atom is -0.371 e. The van der Waals surface area contributed by atoms with Gasteiger partial charge in [-0.25, -0.2) is 0 Å². The molecule has 68 valence electrons. The Hall–Kier alpha value is -0.340. The third-order valence-electron chi connectivity index (χ3n) is 3.39. The molecule has 2 aliphatic rings. The lowest BCUT2D eigenvalue weighted by Crippen LogP contribution is -2.36. The van der Waals surface area contributed by atoms with Gasteiger partial charge in [0.25, 0.3) is 0 Å². The van der Waals surface area contributed by atoms with E-state index in [0.29, 0.717) is 0 Å². The van der Waals surface area contributed by atoms with E-state index in [4.69, 9.17) is 9.47 Å². The first-order chi connectivity index (χ1) is 5.55. The average Bonchev–Trinajstić information content (AvgIpc) is 2.59. The standard InChI is InChI=1S/C10H16O2/c1-7(2)10(11-4)6-5-9(3)8(10)12-9/h8H,1,5-6H2,2-4H3/t8-,9-,10-/m0/s1. The first kappa shape index (κ1) is 8.27. The lowest BCUT2D eigenvalue weighted by molar-refractivity contribution is -0.00888. The molecule has 2 fully saturated rings. The second-order valence-electron chi connectivity index (χ2n) is 4.18. The molecule has 0 amide bonds. The monoisotopic (exact) mass is 168 g/mol. The van der Waals surface area contributed by atoms with Crippen LogP contribution in [0.1, 0.15) is 26.7 Å². The molecule has 0 aromatic rings. The fourth-order valence-corrected chi connectivity index (χ4v) is 2.40. The van der Waals surface area contributed by atoms with Crippen molar-refractivity contribution in [3.8, 4) is 0 Å². The van der Waals surface area contributed by atoms with Crippen LogP contribution in [0.3, 0.4) is 0 Å². The highest BCUT2D eigenvalue weighted by molar-refractivity contribution is 5.28. The van der Waals surface area contributed by atoms with Crippen molar-refractivity contribution < 1.29 is 9.47 Å². The Morgan fingerprint density at radius 3 is 2.42 bits per heavy atom. The maximum atomic E-state index is 5.62. The number of hydrogen-bond donors (Lipinski definition) is 0. The molecule has 1 aliphatic carbocycles. The van der Waals surface area contributed by atoms with Crippen molar-refractivity contribution in [2.75, 3.05) is 7.11 Å². The van der Waals surface area contributed by atoms with Crippen LogP contribution in [-0.2, 0) is 9.47 Å². The molecule has 0 bridgehead atoms. The summed E-state index contributed by atoms with van der Waals surface area (Å²) in [4.78, 5) is 0. The lowest BCUT2D eigenvalue weighted by atomic mass is 9.92. The number of hydrogen-bond acceptors (Lipinski definition) is 2. The molecule has 0 N–H and O–H groups in total. The second-order valence-corrected chi connectivity index (χ2v) is 4.18. The van der Waals surface area contributed by atoms with Gasteiger partial charge in [-0.3, -0.25) is 0 Å². The van der Waals surface area contributed by atoms with E-state index >= 15 is 0 Å². The smallest absolute Gasteiger partial charge is 0.120 e. The van der Waals surface area contributed by atoms with Gasteiger partial charge in [-0.2, -0.15) is 0 Å². The molecule has 2 heteroatoms. The van der Waals surface area contributed by atoms with Crippen molar-refractivity contribution in [3.05, 3.63) is 12.2 Å². The number of fused-ring (bicyclic) bond motifs is 1. The van der Waals surface area contributed by atoms with E-state index in [-0.39, 0.29) is 17.3 Å². The van der Waals surface area contributed by atoms with Gasteiger partial charge >= 0.3 is 0 Å². The molecule has 0 radical (unpaired) electrons. The van der Waals surface area contributed by atoms with Crippen molar-refractivity contribution in [1.82, 2.24) is 0 Å². The van der Waals surface area contributed by atoms with Crippen molar-refractivity contribution in [3.63, 3.8) is 0 Å². The molecule has 2 nitrogen and oxygen atoms in total. The van der Waals surface area contributed by atoms with Gasteiger partial charge in [0, 0.05) is 7.11 Å². The van der Waals surface area contributed by atoms with Gasteiger partial charge in [-0.1, -0.05) is 6.58 Å². The zero-order valence-corrected chi connectivity index (χ0v) is 8.02. The van der Waals surface area contributed by atoms with E-state index in [9.17, 15) is 0 Å². The van der Waals surface area contributed by atoms with Crippen molar-refractivity contribution in [2.24, 2.45) is 0 Å². The van der Waals surface area contributed by atoms with Gasteiger partial charge in [0.2, 0.25) is 0 Å². The molecule has 1 saturated heterocycles. The molecule has 0 unspecified atom stereocenters. The lowest BCUT2D eigenvalue weighted by Gasteiger charge is -2.28. The van der Waals surface area contributed by atoms with Crippen molar-refractivity contribution in [2.45, 2.75) is 44.0 Å². The van der Waals surface area contributed by atoms with E-state index in [1.807, 2.05) is 6.92 Å². The molecule has 2 rings (SSSR count). The minimum atomic E-state index is -0.186. The molecule has 0 aromatic carbocycles. The summed E-state index contributed by atoms with van der Waals surface area (Å²) in [5, 5.41) is 0. The summed E-state index contributed by atoms with van der Waals surface area (Å²) in [7, 11) is 1.75. The van der Waals surface area contributed by atoms with Gasteiger partial charge in [0.05, 0.1) is 5.60 Å². The highest BCUT2D eigenvalue weighted by Gasteiger charge is 2.69. The quantitative estimate of drug-likeness (QED) is 0.464. The summed E-state index contributed by atoms with van der Waals surface area (Å²) in [6.45, 7) is 8.16. The van der Waals surface area contributed by atoms with Gasteiger partial charge in [-0.05, 0) is 32.3 Å². The van der Waals surface area contributed by atoms with Crippen LogP contribution in [0, 0.1) is 0 Å². The molecule has 1 heterocycles. The molecule has 1 aliphatic heterocycles. The van der Waals surface area contributed by atoms with E-state index in [2.05, 4.69) is 13.5 Å². The fourth-order valence-electron chi connectivity index (χ4n) is 2.40. The number of rotatable bonds is 2. The van der Waals surface area contributed by atoms with Crippen LogP contribution in [0.2, 0.25) is 0 Å². The Morgan fingerprint density at radius 2 is 2.25 bits per heavy atom. The SMILES string of the molecule is C=C(C)[C@@]1(OC)CC[C@]2(C)O[C@H]12. The predicted octanol–water partition coefficient (Wildman–Crippen LogP) is 1.90. The Kier molecular flexibility index (Phi) is 1.46. The van der Waals surface area contributed by atoms with Crippen LogP contribution in [0.4, 0.5) is 0 Å². The predicted molar refractivity (Wildman–Crippen MR) is 47.1 cm³/mol. The fraction of sp³-hybridized carbons (Fsp3) is 0.800. The molecule has 0 aromatic heterocycles. The van der Waals surface area contributed by atoms with Gasteiger partial charge in [0.15, 0.2) is 0 Å². The van der Waals surface area contributed by atoms with Crippen LogP contribution in [-0.4, -0.2) is 24.4 Å².